The summed E-state index contributed by atoms with van der Waals surface area (Å²) in [5.41, 5.74) is 6.38. The van der Waals surface area contributed by atoms with Crippen molar-refractivity contribution in [1.82, 2.24) is 4.90 Å². The zero-order valence-electron chi connectivity index (χ0n) is 11.6. The van der Waals surface area contributed by atoms with E-state index in [4.69, 9.17) is 15.6 Å². The van der Waals surface area contributed by atoms with Crippen LogP contribution in [0.3, 0.4) is 0 Å². The van der Waals surface area contributed by atoms with E-state index in [9.17, 15) is 4.79 Å². The summed E-state index contributed by atoms with van der Waals surface area (Å²) in [5, 5.41) is 9.04. The first kappa shape index (κ1) is 14.7. The highest BCUT2D eigenvalue weighted by Crippen LogP contribution is 2.17. The largest absolute Gasteiger partial charge is 0.493 e. The van der Waals surface area contributed by atoms with Crippen LogP contribution in [-0.2, 0) is 4.79 Å². The number of carboxylic acids is 1. The Morgan fingerprint density at radius 1 is 1.50 bits per heavy atom. The minimum absolute atomic E-state index is 0.210. The third kappa shape index (κ3) is 4.42. The molecule has 0 bridgehead atoms. The van der Waals surface area contributed by atoms with Crippen molar-refractivity contribution in [1.29, 1.82) is 0 Å². The number of aliphatic carboxylic acids is 1. The summed E-state index contributed by atoms with van der Waals surface area (Å²) in [5.74, 6) is -0.101. The standard InChI is InChI=1S/C15H22N2O3/c16-13-5-1-6-14(10-13)20-9-3-8-17-7-2-4-12(11-17)15(18)19/h1,5-6,10,12H,2-4,7-9,11,16H2,(H,18,19). The Hall–Kier alpha value is -1.75. The van der Waals surface area contributed by atoms with Crippen LogP contribution in [-0.4, -0.2) is 42.2 Å². The molecule has 0 aromatic heterocycles. The van der Waals surface area contributed by atoms with Gasteiger partial charge in [-0.2, -0.15) is 0 Å². The van der Waals surface area contributed by atoms with Crippen molar-refractivity contribution in [2.45, 2.75) is 19.3 Å². The van der Waals surface area contributed by atoms with Crippen molar-refractivity contribution >= 4 is 11.7 Å². The number of piperidine rings is 1. The van der Waals surface area contributed by atoms with E-state index in [1.165, 1.54) is 0 Å². The van der Waals surface area contributed by atoms with Crippen LogP contribution in [0, 0.1) is 5.92 Å². The Kier molecular flexibility index (Phi) is 5.24. The normalized spacial score (nSPS) is 19.7. The second-order valence-electron chi connectivity index (χ2n) is 5.25. The van der Waals surface area contributed by atoms with E-state index < -0.39 is 5.97 Å². The number of rotatable bonds is 6. The van der Waals surface area contributed by atoms with E-state index in [-0.39, 0.29) is 5.92 Å². The van der Waals surface area contributed by atoms with Crippen LogP contribution < -0.4 is 10.5 Å². The molecular formula is C15H22N2O3. The first-order valence-corrected chi connectivity index (χ1v) is 7.08. The molecule has 20 heavy (non-hydrogen) atoms. The van der Waals surface area contributed by atoms with E-state index in [0.29, 0.717) is 18.8 Å². The molecule has 0 amide bonds. The number of nitrogens with zero attached hydrogens (tertiary/aromatic N) is 1. The second kappa shape index (κ2) is 7.14. The van der Waals surface area contributed by atoms with Crippen LogP contribution >= 0.6 is 0 Å². The van der Waals surface area contributed by atoms with Crippen LogP contribution in [0.4, 0.5) is 5.69 Å². The topological polar surface area (TPSA) is 75.8 Å². The summed E-state index contributed by atoms with van der Waals surface area (Å²) >= 11 is 0. The molecule has 110 valence electrons. The highest BCUT2D eigenvalue weighted by Gasteiger charge is 2.24. The zero-order chi connectivity index (χ0) is 14.4. The molecule has 1 aliphatic heterocycles. The molecule has 5 nitrogen and oxygen atoms in total. The number of nitrogen functional groups attached to an aromatic ring is 1. The molecule has 5 heteroatoms. The van der Waals surface area contributed by atoms with Crippen molar-refractivity contribution in [2.75, 3.05) is 32.0 Å². The zero-order valence-corrected chi connectivity index (χ0v) is 11.6. The minimum Gasteiger partial charge on any atom is -0.493 e. The predicted molar refractivity (Wildman–Crippen MR) is 77.8 cm³/mol. The van der Waals surface area contributed by atoms with E-state index in [0.717, 1.165) is 38.1 Å². The quantitative estimate of drug-likeness (QED) is 0.613. The fourth-order valence-electron chi connectivity index (χ4n) is 2.54. The second-order valence-corrected chi connectivity index (χ2v) is 5.25. The van der Waals surface area contributed by atoms with Crippen LogP contribution in [0.5, 0.6) is 5.75 Å². The average molecular weight is 278 g/mol. The molecule has 1 aromatic carbocycles. The molecule has 2 rings (SSSR count). The Bertz CT molecular complexity index is 450. The maximum atomic E-state index is 11.0. The van der Waals surface area contributed by atoms with Gasteiger partial charge in [-0.05, 0) is 37.9 Å². The van der Waals surface area contributed by atoms with Crippen molar-refractivity contribution < 1.29 is 14.6 Å². The molecule has 0 spiro atoms. The maximum Gasteiger partial charge on any atom is 0.307 e. The number of hydrogen-bond donors (Lipinski definition) is 2. The monoisotopic (exact) mass is 278 g/mol. The van der Waals surface area contributed by atoms with Crippen LogP contribution in [0.1, 0.15) is 19.3 Å². The van der Waals surface area contributed by atoms with Crippen LogP contribution in [0.15, 0.2) is 24.3 Å². The number of ether oxygens (including phenoxy) is 1. The molecule has 1 saturated heterocycles. The summed E-state index contributed by atoms with van der Waals surface area (Å²) in [6.45, 7) is 3.15. The summed E-state index contributed by atoms with van der Waals surface area (Å²) in [4.78, 5) is 13.2. The maximum absolute atomic E-state index is 11.0. The van der Waals surface area contributed by atoms with E-state index in [1.54, 1.807) is 6.07 Å². The number of carbonyl (C=O) groups is 1. The number of anilines is 1. The Balaban J connectivity index is 1.67. The predicted octanol–water partition coefficient (Wildman–Crippen LogP) is 1.83. The molecule has 0 radical (unpaired) electrons. The smallest absolute Gasteiger partial charge is 0.307 e. The Morgan fingerprint density at radius 2 is 2.35 bits per heavy atom. The van der Waals surface area contributed by atoms with Gasteiger partial charge in [0.1, 0.15) is 5.75 Å². The molecular weight excluding hydrogens is 256 g/mol. The van der Waals surface area contributed by atoms with Crippen molar-refractivity contribution in [3.8, 4) is 5.75 Å². The minimum atomic E-state index is -0.675. The summed E-state index contributed by atoms with van der Waals surface area (Å²) in [7, 11) is 0. The molecule has 1 aromatic rings. The lowest BCUT2D eigenvalue weighted by Crippen LogP contribution is -2.39. The molecule has 3 N–H and O–H groups in total. The molecule has 1 atom stereocenters. The lowest BCUT2D eigenvalue weighted by molar-refractivity contribution is -0.143. The van der Waals surface area contributed by atoms with Crippen molar-refractivity contribution in [3.63, 3.8) is 0 Å². The molecule has 1 aliphatic rings. The van der Waals surface area contributed by atoms with E-state index in [2.05, 4.69) is 4.90 Å². The van der Waals surface area contributed by atoms with Crippen LogP contribution in [0.2, 0.25) is 0 Å². The van der Waals surface area contributed by atoms with Gasteiger partial charge in [0.05, 0.1) is 12.5 Å². The summed E-state index contributed by atoms with van der Waals surface area (Å²) in [6.07, 6.45) is 2.65. The van der Waals surface area contributed by atoms with Crippen molar-refractivity contribution in [3.05, 3.63) is 24.3 Å². The fraction of sp³-hybridized carbons (Fsp3) is 0.533. The molecule has 1 heterocycles. The highest BCUT2D eigenvalue weighted by atomic mass is 16.5. The van der Waals surface area contributed by atoms with Gasteiger partial charge in [0.25, 0.3) is 0 Å². The third-order valence-corrected chi connectivity index (χ3v) is 3.60. The van der Waals surface area contributed by atoms with Gasteiger partial charge in [0.15, 0.2) is 0 Å². The lowest BCUT2D eigenvalue weighted by atomic mass is 9.98. The van der Waals surface area contributed by atoms with Gasteiger partial charge in [-0.3, -0.25) is 4.79 Å². The van der Waals surface area contributed by atoms with Gasteiger partial charge in [0, 0.05) is 24.8 Å². The van der Waals surface area contributed by atoms with Gasteiger partial charge in [-0.15, -0.1) is 0 Å². The van der Waals surface area contributed by atoms with Gasteiger partial charge < -0.3 is 20.5 Å². The highest BCUT2D eigenvalue weighted by molar-refractivity contribution is 5.70. The SMILES string of the molecule is Nc1cccc(OCCCN2CCCC(C(=O)O)C2)c1. The molecule has 0 aliphatic carbocycles. The molecule has 0 saturated carbocycles. The Morgan fingerprint density at radius 3 is 3.10 bits per heavy atom. The number of likely N-dealkylation sites (tertiary alicyclic amines) is 1. The Labute approximate surface area is 119 Å². The lowest BCUT2D eigenvalue weighted by Gasteiger charge is -2.30. The van der Waals surface area contributed by atoms with E-state index in [1.807, 2.05) is 18.2 Å². The van der Waals surface area contributed by atoms with Crippen molar-refractivity contribution in [2.24, 2.45) is 5.92 Å². The van der Waals surface area contributed by atoms with Crippen LogP contribution in [0.25, 0.3) is 0 Å². The average Bonchev–Trinajstić information content (AvgIpc) is 2.44. The number of benzene rings is 1. The summed E-state index contributed by atoms with van der Waals surface area (Å²) < 4.78 is 5.63. The fourth-order valence-corrected chi connectivity index (χ4v) is 2.54. The van der Waals surface area contributed by atoms with E-state index >= 15 is 0 Å². The van der Waals surface area contributed by atoms with Gasteiger partial charge in [0.2, 0.25) is 0 Å². The first-order chi connectivity index (χ1) is 9.65. The van der Waals surface area contributed by atoms with Gasteiger partial charge in [-0.1, -0.05) is 6.07 Å². The van der Waals surface area contributed by atoms with Gasteiger partial charge in [-0.25, -0.2) is 0 Å². The molecule has 1 unspecified atom stereocenters. The number of nitrogens with two attached hydrogens (primary N) is 1. The first-order valence-electron chi connectivity index (χ1n) is 7.08. The number of carboxylic acid groups (broad SMARTS) is 1. The third-order valence-electron chi connectivity index (χ3n) is 3.60. The van der Waals surface area contributed by atoms with Gasteiger partial charge >= 0.3 is 5.97 Å². The molecule has 1 fully saturated rings. The summed E-state index contributed by atoms with van der Waals surface area (Å²) in [6, 6.07) is 7.39. The number of hydrogen-bond acceptors (Lipinski definition) is 4.